The van der Waals surface area contributed by atoms with E-state index in [1.54, 1.807) is 0 Å². The average Bonchev–Trinajstić information content (AvgIpc) is 2.95. The number of nitrogens with zero attached hydrogens (tertiary/aromatic N) is 1. The number of carbonyl (C=O) groups is 1. The van der Waals surface area contributed by atoms with Crippen molar-refractivity contribution in [2.75, 3.05) is 32.7 Å². The summed E-state index contributed by atoms with van der Waals surface area (Å²) in [5.74, 6) is 0.194. The van der Waals surface area contributed by atoms with E-state index in [4.69, 9.17) is 0 Å². The van der Waals surface area contributed by atoms with Crippen molar-refractivity contribution < 1.29 is 4.79 Å². The second-order valence-electron chi connectivity index (χ2n) is 7.04. The zero-order chi connectivity index (χ0) is 14.6. The van der Waals surface area contributed by atoms with Crippen LogP contribution in [-0.4, -0.2) is 49.1 Å². The standard InChI is InChI=1S/C16H31N3O/c1-4-16(7-5-6-8-16)13-18-14(20)15(2,3)19-11-9-17-10-12-19/h17H,4-13H2,1-3H3,(H,18,20). The highest BCUT2D eigenvalue weighted by Crippen LogP contribution is 2.40. The van der Waals surface area contributed by atoms with Crippen LogP contribution in [0.1, 0.15) is 52.9 Å². The highest BCUT2D eigenvalue weighted by atomic mass is 16.2. The minimum absolute atomic E-state index is 0.194. The maximum atomic E-state index is 12.6. The summed E-state index contributed by atoms with van der Waals surface area (Å²) >= 11 is 0. The molecular weight excluding hydrogens is 250 g/mol. The highest BCUT2D eigenvalue weighted by Gasteiger charge is 2.37. The third kappa shape index (κ3) is 3.34. The van der Waals surface area contributed by atoms with Crippen molar-refractivity contribution >= 4 is 5.91 Å². The summed E-state index contributed by atoms with van der Waals surface area (Å²) in [7, 11) is 0. The Hall–Kier alpha value is -0.610. The Labute approximate surface area is 123 Å². The van der Waals surface area contributed by atoms with Crippen LogP contribution in [0.25, 0.3) is 0 Å². The van der Waals surface area contributed by atoms with E-state index in [0.717, 1.165) is 32.7 Å². The molecule has 0 aromatic carbocycles. The first-order chi connectivity index (χ1) is 9.50. The second-order valence-corrected chi connectivity index (χ2v) is 7.04. The molecule has 4 nitrogen and oxygen atoms in total. The minimum atomic E-state index is -0.393. The molecule has 0 atom stereocenters. The van der Waals surface area contributed by atoms with Gasteiger partial charge >= 0.3 is 0 Å². The topological polar surface area (TPSA) is 44.4 Å². The molecule has 0 aromatic heterocycles. The van der Waals surface area contributed by atoms with Crippen LogP contribution in [0.3, 0.4) is 0 Å². The lowest BCUT2D eigenvalue weighted by molar-refractivity contribution is -0.132. The lowest BCUT2D eigenvalue weighted by atomic mass is 9.83. The summed E-state index contributed by atoms with van der Waals surface area (Å²) in [6.07, 6.45) is 6.38. The summed E-state index contributed by atoms with van der Waals surface area (Å²) in [5.41, 5.74) is -0.0230. The summed E-state index contributed by atoms with van der Waals surface area (Å²) in [6.45, 7) is 11.1. The molecule has 0 bridgehead atoms. The van der Waals surface area contributed by atoms with Gasteiger partial charge < -0.3 is 10.6 Å². The lowest BCUT2D eigenvalue weighted by Gasteiger charge is -2.40. The number of piperazine rings is 1. The fraction of sp³-hybridized carbons (Fsp3) is 0.938. The van der Waals surface area contributed by atoms with E-state index >= 15 is 0 Å². The molecule has 0 aromatic rings. The third-order valence-electron chi connectivity index (χ3n) is 5.50. The average molecular weight is 281 g/mol. The van der Waals surface area contributed by atoms with Gasteiger partial charge in [0.05, 0.1) is 5.54 Å². The van der Waals surface area contributed by atoms with Crippen molar-refractivity contribution in [1.29, 1.82) is 0 Å². The zero-order valence-corrected chi connectivity index (χ0v) is 13.4. The quantitative estimate of drug-likeness (QED) is 0.807. The second kappa shape index (κ2) is 6.44. The minimum Gasteiger partial charge on any atom is -0.354 e. The number of hydrogen-bond acceptors (Lipinski definition) is 3. The van der Waals surface area contributed by atoms with Gasteiger partial charge in [-0.2, -0.15) is 0 Å². The Kier molecular flexibility index (Phi) is 5.08. The summed E-state index contributed by atoms with van der Waals surface area (Å²) in [6, 6.07) is 0. The molecule has 1 saturated heterocycles. The summed E-state index contributed by atoms with van der Waals surface area (Å²) in [4.78, 5) is 14.9. The van der Waals surface area contributed by atoms with Crippen molar-refractivity contribution in [1.82, 2.24) is 15.5 Å². The van der Waals surface area contributed by atoms with Gasteiger partial charge in [0.15, 0.2) is 0 Å². The maximum Gasteiger partial charge on any atom is 0.239 e. The Morgan fingerprint density at radius 3 is 2.40 bits per heavy atom. The largest absolute Gasteiger partial charge is 0.354 e. The van der Waals surface area contributed by atoms with Gasteiger partial charge in [0.1, 0.15) is 0 Å². The van der Waals surface area contributed by atoms with Gasteiger partial charge in [-0.05, 0) is 38.5 Å². The molecule has 116 valence electrons. The van der Waals surface area contributed by atoms with E-state index in [9.17, 15) is 4.79 Å². The number of nitrogens with one attached hydrogen (secondary N) is 2. The Balaban J connectivity index is 1.89. The first kappa shape index (κ1) is 15.8. The SMILES string of the molecule is CCC1(CNC(=O)C(C)(C)N2CCNCC2)CCCC1. The lowest BCUT2D eigenvalue weighted by Crippen LogP contribution is -2.60. The van der Waals surface area contributed by atoms with E-state index in [0.29, 0.717) is 5.41 Å². The van der Waals surface area contributed by atoms with E-state index in [2.05, 4.69) is 36.3 Å². The molecule has 1 aliphatic heterocycles. The predicted molar refractivity (Wildman–Crippen MR) is 82.7 cm³/mol. The van der Waals surface area contributed by atoms with E-state index in [-0.39, 0.29) is 5.91 Å². The smallest absolute Gasteiger partial charge is 0.239 e. The molecule has 1 amide bonds. The normalized spacial score (nSPS) is 23.8. The van der Waals surface area contributed by atoms with Crippen molar-refractivity contribution in [2.45, 2.75) is 58.4 Å². The molecule has 1 heterocycles. The molecule has 2 N–H and O–H groups in total. The molecule has 2 fully saturated rings. The molecule has 4 heteroatoms. The molecule has 2 aliphatic rings. The Morgan fingerprint density at radius 1 is 1.25 bits per heavy atom. The van der Waals surface area contributed by atoms with Crippen LogP contribution in [0.4, 0.5) is 0 Å². The molecular formula is C16H31N3O. The van der Waals surface area contributed by atoms with Crippen LogP contribution in [0.2, 0.25) is 0 Å². The molecule has 0 radical (unpaired) electrons. The summed E-state index contributed by atoms with van der Waals surface area (Å²) < 4.78 is 0. The van der Waals surface area contributed by atoms with Gasteiger partial charge in [0.25, 0.3) is 0 Å². The zero-order valence-electron chi connectivity index (χ0n) is 13.4. The van der Waals surface area contributed by atoms with Crippen molar-refractivity contribution in [3.05, 3.63) is 0 Å². The van der Waals surface area contributed by atoms with E-state index < -0.39 is 5.54 Å². The van der Waals surface area contributed by atoms with Crippen molar-refractivity contribution in [3.63, 3.8) is 0 Å². The predicted octanol–water partition coefficient (Wildman–Crippen LogP) is 1.76. The van der Waals surface area contributed by atoms with Crippen LogP contribution < -0.4 is 10.6 Å². The molecule has 1 aliphatic carbocycles. The van der Waals surface area contributed by atoms with Crippen LogP contribution in [0.5, 0.6) is 0 Å². The Bertz CT molecular complexity index is 329. The fourth-order valence-electron chi connectivity index (χ4n) is 3.63. The highest BCUT2D eigenvalue weighted by molar-refractivity contribution is 5.85. The van der Waals surface area contributed by atoms with Crippen LogP contribution in [0.15, 0.2) is 0 Å². The number of hydrogen-bond donors (Lipinski definition) is 2. The molecule has 1 saturated carbocycles. The van der Waals surface area contributed by atoms with Gasteiger partial charge in [0, 0.05) is 32.7 Å². The molecule has 2 rings (SSSR count). The molecule has 20 heavy (non-hydrogen) atoms. The van der Waals surface area contributed by atoms with Gasteiger partial charge in [-0.15, -0.1) is 0 Å². The van der Waals surface area contributed by atoms with Crippen LogP contribution in [-0.2, 0) is 4.79 Å². The third-order valence-corrected chi connectivity index (χ3v) is 5.50. The van der Waals surface area contributed by atoms with E-state index in [1.165, 1.54) is 32.1 Å². The monoisotopic (exact) mass is 281 g/mol. The molecule has 0 unspecified atom stereocenters. The fourth-order valence-corrected chi connectivity index (χ4v) is 3.63. The van der Waals surface area contributed by atoms with Gasteiger partial charge in [-0.25, -0.2) is 0 Å². The summed E-state index contributed by atoms with van der Waals surface area (Å²) in [5, 5.41) is 6.60. The Morgan fingerprint density at radius 2 is 1.85 bits per heavy atom. The first-order valence-electron chi connectivity index (χ1n) is 8.24. The van der Waals surface area contributed by atoms with Crippen LogP contribution in [0, 0.1) is 5.41 Å². The maximum absolute atomic E-state index is 12.6. The van der Waals surface area contributed by atoms with Gasteiger partial charge in [-0.3, -0.25) is 9.69 Å². The van der Waals surface area contributed by atoms with Crippen molar-refractivity contribution in [3.8, 4) is 0 Å². The number of amides is 1. The van der Waals surface area contributed by atoms with Crippen molar-refractivity contribution in [2.24, 2.45) is 5.41 Å². The first-order valence-corrected chi connectivity index (χ1v) is 8.24. The molecule has 0 spiro atoms. The van der Waals surface area contributed by atoms with Gasteiger partial charge in [-0.1, -0.05) is 19.8 Å². The number of rotatable bonds is 5. The van der Waals surface area contributed by atoms with Gasteiger partial charge in [0.2, 0.25) is 5.91 Å². The van der Waals surface area contributed by atoms with Crippen LogP contribution >= 0.6 is 0 Å². The van der Waals surface area contributed by atoms with E-state index in [1.807, 2.05) is 0 Å². The number of carbonyl (C=O) groups excluding carboxylic acids is 1.